The Morgan fingerprint density at radius 2 is 2.05 bits per heavy atom. The van der Waals surface area contributed by atoms with Crippen molar-refractivity contribution in [2.75, 3.05) is 17.6 Å². The van der Waals surface area contributed by atoms with Gasteiger partial charge in [-0.25, -0.2) is 0 Å². The van der Waals surface area contributed by atoms with Crippen LogP contribution in [0.5, 0.6) is 5.75 Å². The summed E-state index contributed by atoms with van der Waals surface area (Å²) in [5.41, 5.74) is 2.46. The van der Waals surface area contributed by atoms with E-state index in [1.165, 1.54) is 41.2 Å². The molecule has 19 heavy (non-hydrogen) atoms. The van der Waals surface area contributed by atoms with Gasteiger partial charge in [0, 0.05) is 23.6 Å². The van der Waals surface area contributed by atoms with Crippen molar-refractivity contribution in [2.45, 2.75) is 38.6 Å². The normalized spacial score (nSPS) is 13.4. The average Bonchev–Trinajstić information content (AvgIpc) is 2.85. The lowest BCUT2D eigenvalue weighted by Crippen LogP contribution is -2.15. The van der Waals surface area contributed by atoms with Gasteiger partial charge in [-0.2, -0.15) is 0 Å². The Bertz CT molecular complexity index is 411. The fourth-order valence-electron chi connectivity index (χ4n) is 2.40. The van der Waals surface area contributed by atoms with Gasteiger partial charge in [0.25, 0.3) is 0 Å². The van der Waals surface area contributed by atoms with Crippen LogP contribution in [-0.4, -0.2) is 17.6 Å². The van der Waals surface area contributed by atoms with Crippen LogP contribution in [0.4, 0.5) is 0 Å². The van der Waals surface area contributed by atoms with E-state index in [1.807, 2.05) is 12.1 Å². The molecule has 0 atom stereocenters. The van der Waals surface area contributed by atoms with Crippen molar-refractivity contribution in [3.05, 3.63) is 28.3 Å². The summed E-state index contributed by atoms with van der Waals surface area (Å²) in [6, 6.07) is 4.05. The van der Waals surface area contributed by atoms with E-state index in [-0.39, 0.29) is 0 Å². The molecule has 1 aromatic carbocycles. The SMILES string of the molecule is Clc1cc2c(c(CNCCCCCCI)c1)OCC2. The predicted octanol–water partition coefficient (Wildman–Crippen LogP) is 4.36. The molecule has 2 nitrogen and oxygen atoms in total. The maximum Gasteiger partial charge on any atom is 0.127 e. The standard InChI is InChI=1S/C15H21ClINO/c16-14-9-12-5-8-19-15(12)13(10-14)11-18-7-4-2-1-3-6-17/h9-10,18H,1-8,11H2. The molecule has 0 spiro atoms. The number of unbranched alkanes of at least 4 members (excludes halogenated alkanes) is 3. The third-order valence-electron chi connectivity index (χ3n) is 3.38. The Labute approximate surface area is 134 Å². The van der Waals surface area contributed by atoms with Crippen molar-refractivity contribution >= 4 is 34.2 Å². The number of benzene rings is 1. The second-order valence-corrected chi connectivity index (χ2v) is 6.45. The number of halogens is 2. The number of rotatable bonds is 8. The number of ether oxygens (including phenoxy) is 1. The van der Waals surface area contributed by atoms with E-state index < -0.39 is 0 Å². The number of fused-ring (bicyclic) bond motifs is 1. The highest BCUT2D eigenvalue weighted by Crippen LogP contribution is 2.32. The van der Waals surface area contributed by atoms with E-state index in [4.69, 9.17) is 16.3 Å². The first-order valence-corrected chi connectivity index (χ1v) is 8.92. The van der Waals surface area contributed by atoms with Gasteiger partial charge in [-0.1, -0.05) is 47.0 Å². The molecule has 0 fully saturated rings. The van der Waals surface area contributed by atoms with Gasteiger partial charge in [0.1, 0.15) is 5.75 Å². The van der Waals surface area contributed by atoms with Crippen molar-refractivity contribution < 1.29 is 4.74 Å². The lowest BCUT2D eigenvalue weighted by atomic mass is 10.1. The van der Waals surface area contributed by atoms with Crippen LogP contribution in [-0.2, 0) is 13.0 Å². The zero-order valence-electron chi connectivity index (χ0n) is 11.2. The van der Waals surface area contributed by atoms with Crippen LogP contribution < -0.4 is 10.1 Å². The molecule has 0 saturated heterocycles. The van der Waals surface area contributed by atoms with Crippen LogP contribution in [0.1, 0.15) is 36.8 Å². The number of nitrogens with one attached hydrogen (secondary N) is 1. The van der Waals surface area contributed by atoms with Crippen LogP contribution in [0.15, 0.2) is 12.1 Å². The van der Waals surface area contributed by atoms with Crippen molar-refractivity contribution in [3.8, 4) is 5.75 Å². The van der Waals surface area contributed by atoms with Gasteiger partial charge in [0.15, 0.2) is 0 Å². The Morgan fingerprint density at radius 3 is 2.89 bits per heavy atom. The van der Waals surface area contributed by atoms with Gasteiger partial charge in [-0.15, -0.1) is 0 Å². The maximum absolute atomic E-state index is 6.14. The highest BCUT2D eigenvalue weighted by molar-refractivity contribution is 14.1. The zero-order chi connectivity index (χ0) is 13.5. The van der Waals surface area contributed by atoms with Crippen LogP contribution in [0.3, 0.4) is 0 Å². The maximum atomic E-state index is 6.14. The van der Waals surface area contributed by atoms with E-state index >= 15 is 0 Å². The van der Waals surface area contributed by atoms with E-state index in [9.17, 15) is 0 Å². The van der Waals surface area contributed by atoms with E-state index in [1.54, 1.807) is 0 Å². The molecule has 1 heterocycles. The van der Waals surface area contributed by atoms with E-state index in [0.717, 1.165) is 36.9 Å². The van der Waals surface area contributed by atoms with Gasteiger partial charge in [-0.3, -0.25) is 0 Å². The average molecular weight is 394 g/mol. The monoisotopic (exact) mass is 393 g/mol. The topological polar surface area (TPSA) is 21.3 Å². The molecule has 0 saturated carbocycles. The molecule has 0 aromatic heterocycles. The van der Waals surface area contributed by atoms with E-state index in [2.05, 4.69) is 27.9 Å². The molecule has 1 aliphatic rings. The fourth-order valence-corrected chi connectivity index (χ4v) is 3.20. The Kier molecular flexibility index (Phi) is 6.74. The van der Waals surface area contributed by atoms with Gasteiger partial charge in [0.2, 0.25) is 0 Å². The molecular formula is C15H21ClINO. The number of hydrogen-bond donors (Lipinski definition) is 1. The highest BCUT2D eigenvalue weighted by atomic mass is 127. The Balaban J connectivity index is 1.74. The number of alkyl halides is 1. The Morgan fingerprint density at radius 1 is 1.21 bits per heavy atom. The molecule has 4 heteroatoms. The molecular weight excluding hydrogens is 373 g/mol. The molecule has 1 N–H and O–H groups in total. The Hall–Kier alpha value is -0.0000000000000000555. The first-order valence-electron chi connectivity index (χ1n) is 7.02. The molecule has 0 amide bonds. The molecule has 0 radical (unpaired) electrons. The summed E-state index contributed by atoms with van der Waals surface area (Å²) in [4.78, 5) is 0. The van der Waals surface area contributed by atoms with E-state index in [0.29, 0.717) is 0 Å². The quantitative estimate of drug-likeness (QED) is 0.402. The molecule has 2 rings (SSSR count). The number of hydrogen-bond acceptors (Lipinski definition) is 2. The molecule has 0 aliphatic carbocycles. The van der Waals surface area contributed by atoms with Crippen molar-refractivity contribution in [1.82, 2.24) is 5.32 Å². The lowest BCUT2D eigenvalue weighted by Gasteiger charge is -2.10. The molecule has 1 aliphatic heterocycles. The fraction of sp³-hybridized carbons (Fsp3) is 0.600. The van der Waals surface area contributed by atoms with Crippen molar-refractivity contribution in [2.24, 2.45) is 0 Å². The summed E-state index contributed by atoms with van der Waals surface area (Å²) in [5.74, 6) is 1.06. The summed E-state index contributed by atoms with van der Waals surface area (Å²) < 4.78 is 6.97. The van der Waals surface area contributed by atoms with Crippen LogP contribution in [0.25, 0.3) is 0 Å². The van der Waals surface area contributed by atoms with Crippen LogP contribution in [0, 0.1) is 0 Å². The summed E-state index contributed by atoms with van der Waals surface area (Å²) in [6.07, 6.45) is 6.25. The third-order valence-corrected chi connectivity index (χ3v) is 4.36. The first kappa shape index (κ1) is 15.4. The molecule has 0 bridgehead atoms. The second-order valence-electron chi connectivity index (χ2n) is 4.93. The summed E-state index contributed by atoms with van der Waals surface area (Å²) in [7, 11) is 0. The minimum atomic E-state index is 0.791. The van der Waals surface area contributed by atoms with Crippen LogP contribution >= 0.6 is 34.2 Å². The first-order chi connectivity index (χ1) is 9.31. The van der Waals surface area contributed by atoms with Gasteiger partial charge >= 0.3 is 0 Å². The summed E-state index contributed by atoms with van der Waals surface area (Å²) in [5, 5.41) is 4.32. The zero-order valence-corrected chi connectivity index (χ0v) is 14.1. The largest absolute Gasteiger partial charge is 0.493 e. The highest BCUT2D eigenvalue weighted by Gasteiger charge is 2.16. The van der Waals surface area contributed by atoms with Gasteiger partial charge < -0.3 is 10.1 Å². The summed E-state index contributed by atoms with van der Waals surface area (Å²) >= 11 is 8.58. The molecule has 106 valence electrons. The minimum Gasteiger partial charge on any atom is -0.493 e. The van der Waals surface area contributed by atoms with Crippen molar-refractivity contribution in [1.29, 1.82) is 0 Å². The lowest BCUT2D eigenvalue weighted by molar-refractivity contribution is 0.352. The van der Waals surface area contributed by atoms with Gasteiger partial charge in [-0.05, 0) is 41.5 Å². The summed E-state index contributed by atoms with van der Waals surface area (Å²) in [6.45, 7) is 2.72. The third kappa shape index (κ3) is 4.80. The minimum absolute atomic E-state index is 0.791. The molecule has 0 unspecified atom stereocenters. The predicted molar refractivity (Wildman–Crippen MR) is 89.7 cm³/mol. The van der Waals surface area contributed by atoms with Gasteiger partial charge in [0.05, 0.1) is 6.61 Å². The van der Waals surface area contributed by atoms with Crippen molar-refractivity contribution in [3.63, 3.8) is 0 Å². The van der Waals surface area contributed by atoms with Crippen LogP contribution in [0.2, 0.25) is 5.02 Å². The second kappa shape index (κ2) is 8.32. The molecule has 1 aromatic rings. The smallest absolute Gasteiger partial charge is 0.127 e.